The van der Waals surface area contributed by atoms with Gasteiger partial charge in [0.25, 0.3) is 0 Å². The van der Waals surface area contributed by atoms with E-state index in [1.807, 2.05) is 0 Å². The van der Waals surface area contributed by atoms with Crippen molar-refractivity contribution in [1.29, 1.82) is 0 Å². The van der Waals surface area contributed by atoms with E-state index in [0.29, 0.717) is 0 Å². The zero-order valence-electron chi connectivity index (χ0n) is 17.3. The Labute approximate surface area is 176 Å². The van der Waals surface area contributed by atoms with E-state index >= 15 is 0 Å². The minimum Gasteiger partial charge on any atom is -0.456 e. The Morgan fingerprint density at radius 1 is 0.935 bits per heavy atom. The van der Waals surface area contributed by atoms with Crippen molar-refractivity contribution in [2.45, 2.75) is 75.7 Å². The normalized spacial score (nSPS) is 61.0. The van der Waals surface area contributed by atoms with Gasteiger partial charge in [-0.15, -0.1) is 0 Å². The van der Waals surface area contributed by atoms with E-state index in [2.05, 4.69) is 0 Å². The molecule has 5 unspecified atom stereocenters. The summed E-state index contributed by atoms with van der Waals surface area (Å²) in [6.07, 6.45) is -9.69. The average Bonchev–Trinajstić information content (AvgIpc) is 3.35. The summed E-state index contributed by atoms with van der Waals surface area (Å²) < 4.78 is 22.2. The zero-order valence-corrected chi connectivity index (χ0v) is 17.3. The number of esters is 3. The maximum absolute atomic E-state index is 13.4. The van der Waals surface area contributed by atoms with Crippen molar-refractivity contribution in [3.05, 3.63) is 0 Å². The van der Waals surface area contributed by atoms with E-state index in [9.17, 15) is 34.8 Å². The Bertz CT molecular complexity index is 957. The first-order valence-corrected chi connectivity index (χ1v) is 10.3. The Hall–Kier alpha value is -1.79. The molecule has 6 rings (SSSR count). The quantitative estimate of drug-likeness (QED) is 0.234. The van der Waals surface area contributed by atoms with Crippen LogP contribution < -0.4 is 0 Å². The summed E-state index contributed by atoms with van der Waals surface area (Å²) in [4.78, 5) is 38.3. The number of carbonyl (C=O) groups excluding carboxylic acids is 3. The lowest BCUT2D eigenvalue weighted by Crippen LogP contribution is -2.67. The standard InChI is InChI=1S/C20H24O11/c1-5-12(24)28-11-8(22)18-10-6(21)7(16(2,3)4)17(18)9(23)13(25)30-15(17)31-20(18,14(26)29-10)19(5,11)27/h5-11,15,21-23,27H,1-4H3/t5-,6-,7?,8+,9+,10?,11+,15+,17?,18?,19-,20?/m1/s1. The summed E-state index contributed by atoms with van der Waals surface area (Å²) in [5.74, 6) is -5.22. The lowest BCUT2D eigenvalue weighted by atomic mass is 9.51. The van der Waals surface area contributed by atoms with Crippen LogP contribution in [0.5, 0.6) is 0 Å². The molecule has 4 N–H and O–H groups in total. The number of hydrogen-bond acceptors (Lipinski definition) is 11. The van der Waals surface area contributed by atoms with Gasteiger partial charge in [-0.05, 0) is 12.3 Å². The molecular weight excluding hydrogens is 416 g/mol. The maximum atomic E-state index is 13.4. The van der Waals surface area contributed by atoms with Crippen LogP contribution in [0.2, 0.25) is 0 Å². The Balaban J connectivity index is 1.75. The number of ether oxygens (including phenoxy) is 4. The van der Waals surface area contributed by atoms with Crippen molar-refractivity contribution in [3.63, 3.8) is 0 Å². The summed E-state index contributed by atoms with van der Waals surface area (Å²) in [5, 5.41) is 46.1. The van der Waals surface area contributed by atoms with Gasteiger partial charge in [0.05, 0.1) is 22.9 Å². The van der Waals surface area contributed by atoms with E-state index < -0.39 is 94.0 Å². The molecule has 4 aliphatic heterocycles. The summed E-state index contributed by atoms with van der Waals surface area (Å²) in [5.41, 5.74) is -9.40. The monoisotopic (exact) mass is 440 g/mol. The number of fused-ring (bicyclic) bond motifs is 1. The lowest BCUT2D eigenvalue weighted by molar-refractivity contribution is -0.240. The van der Waals surface area contributed by atoms with Crippen molar-refractivity contribution in [2.75, 3.05) is 0 Å². The molecule has 2 aliphatic carbocycles. The SMILES string of the molecule is C[C@@H]1C(=O)O[C@H]2[C@H](O)C34C5OC(=O)C3(O[C@@H]3OC(=O)[C@H](O)C34C(C(C)(C)C)[C@H]5O)[C@@]12O. The molecule has 0 amide bonds. The highest BCUT2D eigenvalue weighted by Gasteiger charge is 3.05. The molecule has 2 spiro atoms. The fourth-order valence-electron chi connectivity index (χ4n) is 8.27. The number of hydrogen-bond donors (Lipinski definition) is 4. The Kier molecular flexibility index (Phi) is 3.15. The van der Waals surface area contributed by atoms with Crippen LogP contribution in [0.1, 0.15) is 27.7 Å². The Morgan fingerprint density at radius 2 is 1.58 bits per heavy atom. The third-order valence-electron chi connectivity index (χ3n) is 8.95. The first-order chi connectivity index (χ1) is 14.3. The summed E-state index contributed by atoms with van der Waals surface area (Å²) in [7, 11) is 0. The second-order valence-corrected chi connectivity index (χ2v) is 10.8. The topological polar surface area (TPSA) is 169 Å². The summed E-state index contributed by atoms with van der Waals surface area (Å²) >= 11 is 0. The van der Waals surface area contributed by atoms with Crippen molar-refractivity contribution in [3.8, 4) is 0 Å². The van der Waals surface area contributed by atoms with E-state index in [-0.39, 0.29) is 0 Å². The number of aliphatic hydroxyl groups excluding tert-OH is 3. The van der Waals surface area contributed by atoms with Gasteiger partial charge < -0.3 is 39.4 Å². The zero-order chi connectivity index (χ0) is 22.7. The molecule has 0 radical (unpaired) electrons. The van der Waals surface area contributed by atoms with Gasteiger partial charge in [-0.25, -0.2) is 9.59 Å². The van der Waals surface area contributed by atoms with Crippen LogP contribution in [0.4, 0.5) is 0 Å². The molecule has 6 aliphatic rings. The minimum atomic E-state index is -2.40. The number of aliphatic hydroxyl groups is 4. The predicted molar refractivity (Wildman–Crippen MR) is 93.4 cm³/mol. The number of carbonyl (C=O) groups is 3. The van der Waals surface area contributed by atoms with Gasteiger partial charge in [0.2, 0.25) is 11.9 Å². The third-order valence-corrected chi connectivity index (χ3v) is 8.95. The highest BCUT2D eigenvalue weighted by atomic mass is 16.8. The van der Waals surface area contributed by atoms with Gasteiger partial charge in [0.15, 0.2) is 17.8 Å². The fraction of sp³-hybridized carbons (Fsp3) is 0.850. The van der Waals surface area contributed by atoms with Crippen LogP contribution in [0.25, 0.3) is 0 Å². The van der Waals surface area contributed by atoms with Gasteiger partial charge in [-0.1, -0.05) is 20.8 Å². The van der Waals surface area contributed by atoms with Gasteiger partial charge in [0, 0.05) is 5.92 Å². The lowest BCUT2D eigenvalue weighted by Gasteiger charge is -2.47. The van der Waals surface area contributed by atoms with Crippen molar-refractivity contribution in [1.82, 2.24) is 0 Å². The van der Waals surface area contributed by atoms with Crippen molar-refractivity contribution >= 4 is 17.9 Å². The van der Waals surface area contributed by atoms with Crippen LogP contribution in [0.15, 0.2) is 0 Å². The minimum absolute atomic E-state index is 0.792. The highest BCUT2D eigenvalue weighted by molar-refractivity contribution is 5.94. The molecule has 2 saturated carbocycles. The highest BCUT2D eigenvalue weighted by Crippen LogP contribution is 2.84. The van der Waals surface area contributed by atoms with Crippen LogP contribution in [-0.2, 0) is 33.3 Å². The fourth-order valence-corrected chi connectivity index (χ4v) is 8.27. The molecule has 0 aromatic carbocycles. The van der Waals surface area contributed by atoms with Crippen molar-refractivity contribution in [2.24, 2.45) is 28.1 Å². The van der Waals surface area contributed by atoms with Crippen molar-refractivity contribution < 1.29 is 53.8 Å². The van der Waals surface area contributed by atoms with E-state index in [4.69, 9.17) is 18.9 Å². The molecule has 31 heavy (non-hydrogen) atoms. The van der Waals surface area contributed by atoms with E-state index in [1.165, 1.54) is 6.92 Å². The molecule has 11 heteroatoms. The molecule has 0 bridgehead atoms. The molecule has 4 heterocycles. The molecule has 0 aromatic rings. The van der Waals surface area contributed by atoms with Gasteiger partial charge in [-0.3, -0.25) is 4.79 Å². The second kappa shape index (κ2) is 4.91. The van der Waals surface area contributed by atoms with Gasteiger partial charge in [-0.2, -0.15) is 0 Å². The predicted octanol–water partition coefficient (Wildman–Crippen LogP) is -2.40. The van der Waals surface area contributed by atoms with Crippen LogP contribution in [0.3, 0.4) is 0 Å². The molecular formula is C20H24O11. The van der Waals surface area contributed by atoms with Gasteiger partial charge in [0.1, 0.15) is 12.2 Å². The molecule has 170 valence electrons. The molecule has 11 nitrogen and oxygen atoms in total. The molecule has 12 atom stereocenters. The smallest absolute Gasteiger partial charge is 0.343 e. The van der Waals surface area contributed by atoms with Gasteiger partial charge >= 0.3 is 17.9 Å². The molecule has 6 fully saturated rings. The molecule has 0 aromatic heterocycles. The maximum Gasteiger partial charge on any atom is 0.343 e. The van der Waals surface area contributed by atoms with Crippen LogP contribution >= 0.6 is 0 Å². The third kappa shape index (κ3) is 1.43. The summed E-state index contributed by atoms with van der Waals surface area (Å²) in [6.45, 7) is 6.63. The average molecular weight is 440 g/mol. The Morgan fingerprint density at radius 3 is 2.19 bits per heavy atom. The van der Waals surface area contributed by atoms with Crippen LogP contribution in [-0.4, -0.2) is 86.3 Å². The first kappa shape index (κ1) is 19.9. The summed E-state index contributed by atoms with van der Waals surface area (Å²) in [6, 6.07) is 0. The largest absolute Gasteiger partial charge is 0.456 e. The van der Waals surface area contributed by atoms with E-state index in [1.54, 1.807) is 20.8 Å². The molecule has 4 saturated heterocycles. The second-order valence-electron chi connectivity index (χ2n) is 10.8. The first-order valence-electron chi connectivity index (χ1n) is 10.3. The number of rotatable bonds is 0. The van der Waals surface area contributed by atoms with E-state index in [0.717, 1.165) is 0 Å². The van der Waals surface area contributed by atoms with Crippen LogP contribution in [0, 0.1) is 28.1 Å².